The SMILES string of the molecule is CN1C(=O)N(CCCC(C(=O)NO)C(CCCc2ccccc2)S(N)(=O)=O)C(=O)C1(C)C. The van der Waals surface area contributed by atoms with E-state index in [1.54, 1.807) is 13.8 Å². The fourth-order valence-corrected chi connectivity index (χ4v) is 5.18. The van der Waals surface area contributed by atoms with Crippen LogP contribution in [0.15, 0.2) is 30.3 Å². The van der Waals surface area contributed by atoms with E-state index in [2.05, 4.69) is 0 Å². The molecule has 0 saturated carbocycles. The molecule has 10 nitrogen and oxygen atoms in total. The van der Waals surface area contributed by atoms with E-state index in [4.69, 9.17) is 10.3 Å². The molecule has 2 unspecified atom stereocenters. The fourth-order valence-electron chi connectivity index (χ4n) is 3.96. The van der Waals surface area contributed by atoms with Crippen LogP contribution in [-0.4, -0.2) is 65.7 Å². The number of hydrogen-bond acceptors (Lipinski definition) is 6. The summed E-state index contributed by atoms with van der Waals surface area (Å²) in [6, 6.07) is 9.04. The first kappa shape index (κ1) is 25.8. The van der Waals surface area contributed by atoms with Gasteiger partial charge in [-0.1, -0.05) is 30.3 Å². The Kier molecular flexibility index (Phi) is 8.38. The largest absolute Gasteiger partial charge is 0.327 e. The lowest BCUT2D eigenvalue weighted by Gasteiger charge is -2.24. The second kappa shape index (κ2) is 10.4. The molecular formula is C21H32N4O6S. The molecule has 1 heterocycles. The van der Waals surface area contributed by atoms with E-state index in [0.717, 1.165) is 10.5 Å². The molecule has 1 aliphatic heterocycles. The van der Waals surface area contributed by atoms with Crippen LogP contribution in [0.1, 0.15) is 45.1 Å². The van der Waals surface area contributed by atoms with Crippen molar-refractivity contribution in [1.82, 2.24) is 15.3 Å². The van der Waals surface area contributed by atoms with Crippen LogP contribution < -0.4 is 10.6 Å². The number of nitrogens with zero attached hydrogens (tertiary/aromatic N) is 2. The average molecular weight is 469 g/mol. The minimum Gasteiger partial charge on any atom is -0.313 e. The van der Waals surface area contributed by atoms with Crippen LogP contribution in [0.25, 0.3) is 0 Å². The van der Waals surface area contributed by atoms with Crippen LogP contribution >= 0.6 is 0 Å². The normalized spacial score (nSPS) is 18.0. The molecule has 1 saturated heterocycles. The minimum absolute atomic E-state index is 0.0278. The number of amides is 4. The minimum atomic E-state index is -4.10. The first-order valence-electron chi connectivity index (χ1n) is 10.5. The Labute approximate surface area is 188 Å². The summed E-state index contributed by atoms with van der Waals surface area (Å²) in [5.41, 5.74) is 1.58. The second-order valence-electron chi connectivity index (χ2n) is 8.59. The smallest absolute Gasteiger partial charge is 0.313 e. The summed E-state index contributed by atoms with van der Waals surface area (Å²) < 4.78 is 24.6. The monoisotopic (exact) mass is 468 g/mol. The number of rotatable bonds is 11. The lowest BCUT2D eigenvalue weighted by atomic mass is 9.93. The van der Waals surface area contributed by atoms with Crippen molar-refractivity contribution < 1.29 is 28.0 Å². The summed E-state index contributed by atoms with van der Waals surface area (Å²) in [5, 5.41) is 13.4. The number of benzene rings is 1. The van der Waals surface area contributed by atoms with Gasteiger partial charge in [-0.2, -0.15) is 0 Å². The van der Waals surface area contributed by atoms with Crippen molar-refractivity contribution in [2.75, 3.05) is 13.6 Å². The van der Waals surface area contributed by atoms with Crippen molar-refractivity contribution in [3.8, 4) is 0 Å². The summed E-state index contributed by atoms with van der Waals surface area (Å²) in [6.45, 7) is 3.31. The summed E-state index contributed by atoms with van der Waals surface area (Å²) in [6.07, 6.45) is 1.42. The van der Waals surface area contributed by atoms with Crippen molar-refractivity contribution in [3.05, 3.63) is 35.9 Å². The Balaban J connectivity index is 2.07. The molecule has 2 rings (SSSR count). The number of aryl methyl sites for hydroxylation is 1. The zero-order valence-electron chi connectivity index (χ0n) is 18.7. The number of carbonyl (C=O) groups is 3. The number of imide groups is 1. The van der Waals surface area contributed by atoms with Gasteiger partial charge in [0.1, 0.15) is 5.54 Å². The van der Waals surface area contributed by atoms with Crippen molar-refractivity contribution in [3.63, 3.8) is 0 Å². The number of likely N-dealkylation sites (N-methyl/N-ethyl adjacent to an activating group) is 1. The molecule has 178 valence electrons. The third-order valence-electron chi connectivity index (χ3n) is 6.14. The van der Waals surface area contributed by atoms with Crippen LogP contribution in [0, 0.1) is 5.92 Å². The number of nitrogens with two attached hydrogens (primary N) is 1. The number of sulfonamides is 1. The van der Waals surface area contributed by atoms with E-state index in [1.807, 2.05) is 30.3 Å². The van der Waals surface area contributed by atoms with Crippen molar-refractivity contribution in [1.29, 1.82) is 0 Å². The van der Waals surface area contributed by atoms with Crippen LogP contribution in [0.4, 0.5) is 4.79 Å². The highest BCUT2D eigenvalue weighted by atomic mass is 32.2. The molecule has 2 atom stereocenters. The van der Waals surface area contributed by atoms with Crippen molar-refractivity contribution >= 4 is 27.9 Å². The molecule has 0 bridgehead atoms. The van der Waals surface area contributed by atoms with Gasteiger partial charge in [0, 0.05) is 13.6 Å². The van der Waals surface area contributed by atoms with Gasteiger partial charge in [0.05, 0.1) is 11.2 Å². The standard InChI is InChI=1S/C21H32N4O6S/c1-21(2)19(27)25(20(28)24(21)3)14-8-12-16(18(26)23-29)17(32(22,30)31)13-7-11-15-9-5-4-6-10-15/h4-6,9-10,16-17,29H,7-8,11-14H2,1-3H3,(H,23,26)(H2,22,30,31). The topological polar surface area (TPSA) is 150 Å². The number of hydrogen-bond donors (Lipinski definition) is 3. The van der Waals surface area contributed by atoms with Gasteiger partial charge in [-0.15, -0.1) is 0 Å². The Bertz CT molecular complexity index is 935. The van der Waals surface area contributed by atoms with E-state index in [1.165, 1.54) is 17.4 Å². The maximum Gasteiger partial charge on any atom is 0.327 e. The quantitative estimate of drug-likeness (QED) is 0.253. The van der Waals surface area contributed by atoms with Crippen LogP contribution in [0.2, 0.25) is 0 Å². The zero-order chi connectivity index (χ0) is 24.1. The second-order valence-corrected chi connectivity index (χ2v) is 10.4. The number of hydroxylamine groups is 1. The Morgan fingerprint density at radius 2 is 1.78 bits per heavy atom. The number of urea groups is 1. The molecule has 11 heteroatoms. The molecule has 1 aromatic carbocycles. The Morgan fingerprint density at radius 3 is 2.28 bits per heavy atom. The van der Waals surface area contributed by atoms with E-state index in [-0.39, 0.29) is 31.7 Å². The predicted molar refractivity (Wildman–Crippen MR) is 118 cm³/mol. The van der Waals surface area contributed by atoms with E-state index in [9.17, 15) is 22.8 Å². The molecule has 4 amide bonds. The maximum absolute atomic E-state index is 12.5. The lowest BCUT2D eigenvalue weighted by molar-refractivity contribution is -0.133. The first-order chi connectivity index (χ1) is 14.9. The van der Waals surface area contributed by atoms with Gasteiger partial charge in [0.25, 0.3) is 5.91 Å². The molecule has 4 N–H and O–H groups in total. The van der Waals surface area contributed by atoms with Gasteiger partial charge in [-0.05, 0) is 51.5 Å². The van der Waals surface area contributed by atoms with Gasteiger partial charge >= 0.3 is 6.03 Å². The van der Waals surface area contributed by atoms with Gasteiger partial charge in [0.15, 0.2) is 0 Å². The summed E-state index contributed by atoms with van der Waals surface area (Å²) in [4.78, 5) is 39.6. The maximum atomic E-state index is 12.5. The van der Waals surface area contributed by atoms with E-state index >= 15 is 0 Å². The average Bonchev–Trinajstić information content (AvgIpc) is 2.88. The fraction of sp³-hybridized carbons (Fsp3) is 0.571. The molecular weight excluding hydrogens is 436 g/mol. The van der Waals surface area contributed by atoms with E-state index < -0.39 is 38.7 Å². The number of primary sulfonamides is 1. The van der Waals surface area contributed by atoms with Crippen LogP contribution in [-0.2, 0) is 26.0 Å². The summed E-state index contributed by atoms with van der Waals surface area (Å²) >= 11 is 0. The summed E-state index contributed by atoms with van der Waals surface area (Å²) in [5.74, 6) is -2.34. The van der Waals surface area contributed by atoms with E-state index in [0.29, 0.717) is 12.8 Å². The molecule has 1 aliphatic rings. The molecule has 0 spiro atoms. The van der Waals surface area contributed by atoms with Crippen molar-refractivity contribution in [2.45, 2.75) is 56.7 Å². The first-order valence-corrected chi connectivity index (χ1v) is 12.1. The Hall–Kier alpha value is -2.50. The predicted octanol–water partition coefficient (Wildman–Crippen LogP) is 1.24. The highest BCUT2D eigenvalue weighted by Gasteiger charge is 2.49. The highest BCUT2D eigenvalue weighted by molar-refractivity contribution is 7.89. The molecule has 1 fully saturated rings. The highest BCUT2D eigenvalue weighted by Crippen LogP contribution is 2.27. The van der Waals surface area contributed by atoms with Gasteiger partial charge < -0.3 is 4.90 Å². The van der Waals surface area contributed by atoms with Crippen LogP contribution in [0.3, 0.4) is 0 Å². The molecule has 0 radical (unpaired) electrons. The van der Waals surface area contributed by atoms with Gasteiger partial charge in [-0.25, -0.2) is 23.8 Å². The molecule has 0 aromatic heterocycles. The Morgan fingerprint density at radius 1 is 1.16 bits per heavy atom. The summed E-state index contributed by atoms with van der Waals surface area (Å²) in [7, 11) is -2.57. The lowest BCUT2D eigenvalue weighted by Crippen LogP contribution is -2.43. The molecule has 32 heavy (non-hydrogen) atoms. The third kappa shape index (κ3) is 5.84. The van der Waals surface area contributed by atoms with Gasteiger partial charge in [-0.3, -0.25) is 19.7 Å². The zero-order valence-corrected chi connectivity index (χ0v) is 19.5. The van der Waals surface area contributed by atoms with Gasteiger partial charge in [0.2, 0.25) is 15.9 Å². The van der Waals surface area contributed by atoms with Crippen molar-refractivity contribution in [2.24, 2.45) is 11.1 Å². The third-order valence-corrected chi connectivity index (χ3v) is 7.54. The number of nitrogens with one attached hydrogen (secondary N) is 1. The number of carbonyl (C=O) groups excluding carboxylic acids is 3. The molecule has 1 aromatic rings. The molecule has 0 aliphatic carbocycles. The van der Waals surface area contributed by atoms with Crippen LogP contribution in [0.5, 0.6) is 0 Å².